The number of halogens is 1. The van der Waals surface area contributed by atoms with Gasteiger partial charge >= 0.3 is 0 Å². The molecule has 3 aromatic carbocycles. The van der Waals surface area contributed by atoms with Crippen LogP contribution in [0.5, 0.6) is 0 Å². The van der Waals surface area contributed by atoms with E-state index in [-0.39, 0.29) is 5.82 Å². The first-order chi connectivity index (χ1) is 13.3. The summed E-state index contributed by atoms with van der Waals surface area (Å²) in [4.78, 5) is 9.13. The Balaban J connectivity index is 1.43. The van der Waals surface area contributed by atoms with E-state index in [4.69, 9.17) is 0 Å². The molecule has 0 N–H and O–H groups in total. The van der Waals surface area contributed by atoms with E-state index in [1.54, 1.807) is 6.07 Å². The van der Waals surface area contributed by atoms with Crippen LogP contribution < -0.4 is 0 Å². The van der Waals surface area contributed by atoms with E-state index in [0.717, 1.165) is 39.7 Å². The molecular weight excluding hydrogens is 337 g/mol. The largest absolute Gasteiger partial charge is 0.343 e. The summed E-state index contributed by atoms with van der Waals surface area (Å²) in [5.41, 5.74) is 4.13. The molecule has 0 saturated heterocycles. The van der Waals surface area contributed by atoms with E-state index in [1.807, 2.05) is 60.9 Å². The summed E-state index contributed by atoms with van der Waals surface area (Å²) in [7, 11) is 0. The molecule has 0 fully saturated rings. The SMILES string of the molecule is Fc1ccc2c(ccn2Cc2ccc(-c3ncc4ccccc4n3)cc2)c1. The Kier molecular flexibility index (Phi) is 3.68. The zero-order valence-electron chi connectivity index (χ0n) is 14.5. The lowest BCUT2D eigenvalue weighted by molar-refractivity contribution is 0.629. The van der Waals surface area contributed by atoms with Crippen molar-refractivity contribution < 1.29 is 4.39 Å². The molecule has 3 nitrogen and oxygen atoms in total. The predicted molar refractivity (Wildman–Crippen MR) is 106 cm³/mol. The van der Waals surface area contributed by atoms with Crippen molar-refractivity contribution in [3.63, 3.8) is 0 Å². The minimum absolute atomic E-state index is 0.208. The van der Waals surface area contributed by atoms with Crippen LogP contribution in [0.2, 0.25) is 0 Å². The molecular formula is C23H16FN3. The molecule has 0 aliphatic heterocycles. The lowest BCUT2D eigenvalue weighted by atomic mass is 10.1. The second kappa shape index (κ2) is 6.32. The van der Waals surface area contributed by atoms with Crippen LogP contribution >= 0.6 is 0 Å². The Hall–Kier alpha value is -3.53. The summed E-state index contributed by atoms with van der Waals surface area (Å²) >= 11 is 0. The van der Waals surface area contributed by atoms with Crippen molar-refractivity contribution in [2.45, 2.75) is 6.54 Å². The maximum Gasteiger partial charge on any atom is 0.159 e. The molecule has 0 radical (unpaired) electrons. The Morgan fingerprint density at radius 2 is 1.70 bits per heavy atom. The minimum Gasteiger partial charge on any atom is -0.343 e. The van der Waals surface area contributed by atoms with Gasteiger partial charge in [-0.25, -0.2) is 14.4 Å². The number of nitrogens with zero attached hydrogens (tertiary/aromatic N) is 3. The first-order valence-corrected chi connectivity index (χ1v) is 8.82. The van der Waals surface area contributed by atoms with E-state index >= 15 is 0 Å². The number of hydrogen-bond acceptors (Lipinski definition) is 2. The van der Waals surface area contributed by atoms with Crippen LogP contribution in [0.15, 0.2) is 85.2 Å². The Morgan fingerprint density at radius 1 is 0.852 bits per heavy atom. The van der Waals surface area contributed by atoms with Gasteiger partial charge in [0, 0.05) is 40.8 Å². The molecule has 5 rings (SSSR count). The molecule has 4 heteroatoms. The van der Waals surface area contributed by atoms with Gasteiger partial charge in [0.15, 0.2) is 5.82 Å². The van der Waals surface area contributed by atoms with Crippen LogP contribution in [-0.4, -0.2) is 14.5 Å². The van der Waals surface area contributed by atoms with E-state index in [9.17, 15) is 4.39 Å². The summed E-state index contributed by atoms with van der Waals surface area (Å²) in [6.45, 7) is 0.730. The molecule has 0 aliphatic rings. The highest BCUT2D eigenvalue weighted by atomic mass is 19.1. The van der Waals surface area contributed by atoms with Gasteiger partial charge in [-0.3, -0.25) is 0 Å². The number of rotatable bonds is 3. The van der Waals surface area contributed by atoms with Crippen molar-refractivity contribution in [1.82, 2.24) is 14.5 Å². The van der Waals surface area contributed by atoms with Crippen LogP contribution in [0, 0.1) is 5.82 Å². The summed E-state index contributed by atoms with van der Waals surface area (Å²) in [6.07, 6.45) is 3.85. The molecule has 2 aromatic heterocycles. The summed E-state index contributed by atoms with van der Waals surface area (Å²) in [5.74, 6) is 0.516. The van der Waals surface area contributed by atoms with Crippen LogP contribution in [0.25, 0.3) is 33.2 Å². The third-order valence-electron chi connectivity index (χ3n) is 4.79. The zero-order valence-corrected chi connectivity index (χ0v) is 14.5. The van der Waals surface area contributed by atoms with Gasteiger partial charge in [-0.05, 0) is 35.9 Å². The average Bonchev–Trinajstić information content (AvgIpc) is 3.10. The lowest BCUT2D eigenvalue weighted by Gasteiger charge is -2.07. The minimum atomic E-state index is -0.208. The van der Waals surface area contributed by atoms with Crippen LogP contribution in [0.4, 0.5) is 4.39 Å². The molecule has 2 heterocycles. The fraction of sp³-hybridized carbons (Fsp3) is 0.0435. The number of fused-ring (bicyclic) bond motifs is 2. The highest BCUT2D eigenvalue weighted by molar-refractivity contribution is 5.80. The van der Waals surface area contributed by atoms with Gasteiger partial charge in [-0.2, -0.15) is 0 Å². The molecule has 0 aliphatic carbocycles. The van der Waals surface area contributed by atoms with Gasteiger partial charge in [0.2, 0.25) is 0 Å². The second-order valence-corrected chi connectivity index (χ2v) is 6.60. The first kappa shape index (κ1) is 15.7. The standard InChI is InChI=1S/C23H16FN3/c24-20-9-10-22-18(13-20)11-12-27(22)15-16-5-7-17(8-6-16)23-25-14-19-3-1-2-4-21(19)26-23/h1-14H,15H2. The number of hydrogen-bond donors (Lipinski definition) is 0. The van der Waals surface area contributed by atoms with Crippen LogP contribution in [0.1, 0.15) is 5.56 Å². The van der Waals surface area contributed by atoms with Gasteiger partial charge in [0.25, 0.3) is 0 Å². The monoisotopic (exact) mass is 353 g/mol. The Bertz CT molecular complexity index is 1260. The van der Waals surface area contributed by atoms with E-state index in [1.165, 1.54) is 11.6 Å². The maximum atomic E-state index is 13.4. The Morgan fingerprint density at radius 3 is 2.59 bits per heavy atom. The van der Waals surface area contributed by atoms with E-state index < -0.39 is 0 Å². The molecule has 130 valence electrons. The first-order valence-electron chi connectivity index (χ1n) is 8.82. The van der Waals surface area contributed by atoms with Crippen LogP contribution in [-0.2, 0) is 6.54 Å². The molecule has 0 amide bonds. The average molecular weight is 353 g/mol. The summed E-state index contributed by atoms with van der Waals surface area (Å²) in [5, 5.41) is 1.95. The second-order valence-electron chi connectivity index (χ2n) is 6.60. The molecule has 27 heavy (non-hydrogen) atoms. The van der Waals surface area contributed by atoms with E-state index in [2.05, 4.69) is 26.7 Å². The van der Waals surface area contributed by atoms with Gasteiger partial charge < -0.3 is 4.57 Å². The molecule has 5 aromatic rings. The predicted octanol–water partition coefficient (Wildman–Crippen LogP) is 5.44. The third kappa shape index (κ3) is 2.95. The van der Waals surface area contributed by atoms with Crippen molar-refractivity contribution in [2.24, 2.45) is 0 Å². The molecule has 0 saturated carbocycles. The van der Waals surface area contributed by atoms with Gasteiger partial charge in [-0.1, -0.05) is 42.5 Å². The van der Waals surface area contributed by atoms with Crippen molar-refractivity contribution in [3.05, 3.63) is 96.6 Å². The molecule has 0 spiro atoms. The zero-order chi connectivity index (χ0) is 18.2. The van der Waals surface area contributed by atoms with E-state index in [0.29, 0.717) is 0 Å². The van der Waals surface area contributed by atoms with Gasteiger partial charge in [0.1, 0.15) is 5.82 Å². The fourth-order valence-corrected chi connectivity index (χ4v) is 3.38. The lowest BCUT2D eigenvalue weighted by Crippen LogP contribution is -1.98. The van der Waals surface area contributed by atoms with Gasteiger partial charge in [0.05, 0.1) is 5.52 Å². The number of aromatic nitrogens is 3. The van der Waals surface area contributed by atoms with Gasteiger partial charge in [-0.15, -0.1) is 0 Å². The third-order valence-corrected chi connectivity index (χ3v) is 4.79. The quantitative estimate of drug-likeness (QED) is 0.432. The normalized spacial score (nSPS) is 11.3. The maximum absolute atomic E-state index is 13.4. The topological polar surface area (TPSA) is 30.7 Å². The summed E-state index contributed by atoms with van der Waals surface area (Å²) in [6, 6.07) is 23.1. The summed E-state index contributed by atoms with van der Waals surface area (Å²) < 4.78 is 15.5. The van der Waals surface area contributed by atoms with Crippen molar-refractivity contribution in [1.29, 1.82) is 0 Å². The molecule has 0 bridgehead atoms. The molecule has 0 atom stereocenters. The van der Waals surface area contributed by atoms with Crippen LogP contribution in [0.3, 0.4) is 0 Å². The van der Waals surface area contributed by atoms with Crippen molar-refractivity contribution in [3.8, 4) is 11.4 Å². The number of benzene rings is 3. The highest BCUT2D eigenvalue weighted by Crippen LogP contribution is 2.21. The highest BCUT2D eigenvalue weighted by Gasteiger charge is 2.06. The van der Waals surface area contributed by atoms with Crippen molar-refractivity contribution in [2.75, 3.05) is 0 Å². The smallest absolute Gasteiger partial charge is 0.159 e. The molecule has 0 unspecified atom stereocenters. The fourth-order valence-electron chi connectivity index (χ4n) is 3.38. The van der Waals surface area contributed by atoms with Crippen molar-refractivity contribution >= 4 is 21.8 Å². The number of para-hydroxylation sites is 1. The Labute approximate surface area is 155 Å².